The first kappa shape index (κ1) is 12.2. The molecule has 0 amide bonds. The minimum atomic E-state index is -0.0979. The van der Waals surface area contributed by atoms with Gasteiger partial charge in [0, 0.05) is 18.9 Å². The van der Waals surface area contributed by atoms with Gasteiger partial charge in [0.15, 0.2) is 0 Å². The van der Waals surface area contributed by atoms with Crippen LogP contribution < -0.4 is 10.1 Å². The van der Waals surface area contributed by atoms with Gasteiger partial charge >= 0.3 is 6.01 Å². The predicted molar refractivity (Wildman–Crippen MR) is 63.7 cm³/mol. The molecule has 2 N–H and O–H groups in total. The number of hydrogen-bond donors (Lipinski definition) is 2. The maximum atomic E-state index is 8.72. The van der Waals surface area contributed by atoms with E-state index in [1.54, 1.807) is 18.5 Å². The van der Waals surface area contributed by atoms with E-state index in [9.17, 15) is 0 Å². The average molecular weight is 250 g/mol. The number of hydrogen-bond acceptors (Lipinski definition) is 7. The Bertz CT molecular complexity index is 487. The molecule has 8 nitrogen and oxygen atoms in total. The molecule has 0 aliphatic rings. The Morgan fingerprint density at radius 2 is 2.28 bits per heavy atom. The van der Waals surface area contributed by atoms with Gasteiger partial charge in [-0.3, -0.25) is 0 Å². The molecule has 2 rings (SSSR count). The second-order valence-corrected chi connectivity index (χ2v) is 3.29. The second kappa shape index (κ2) is 5.92. The maximum absolute atomic E-state index is 8.72. The van der Waals surface area contributed by atoms with Crippen molar-refractivity contribution in [3.8, 4) is 12.0 Å². The molecule has 0 spiro atoms. The Hall–Kier alpha value is -2.22. The standard InChI is InChI=1S/C10H14N6O2/c1-2-11-8-13-9(16-5-3-4-12-16)15-10(14-8)18-7-6-17/h3-5,17H,2,6-7H2,1H3,(H,11,13,14,15). The summed E-state index contributed by atoms with van der Waals surface area (Å²) in [5.74, 6) is 0.768. The Morgan fingerprint density at radius 1 is 1.39 bits per heavy atom. The van der Waals surface area contributed by atoms with Crippen molar-refractivity contribution in [3.63, 3.8) is 0 Å². The molecule has 2 aromatic heterocycles. The largest absolute Gasteiger partial charge is 0.461 e. The van der Waals surface area contributed by atoms with Crippen LogP contribution in [0.1, 0.15) is 6.92 Å². The van der Waals surface area contributed by atoms with Crippen LogP contribution in [0.5, 0.6) is 6.01 Å². The summed E-state index contributed by atoms with van der Waals surface area (Å²) in [7, 11) is 0. The van der Waals surface area contributed by atoms with Crippen molar-refractivity contribution in [1.29, 1.82) is 0 Å². The number of aliphatic hydroxyl groups excluding tert-OH is 1. The first-order chi connectivity index (χ1) is 8.83. The van der Waals surface area contributed by atoms with Crippen LogP contribution in [0, 0.1) is 0 Å². The van der Waals surface area contributed by atoms with Gasteiger partial charge in [0.05, 0.1) is 6.61 Å². The van der Waals surface area contributed by atoms with Crippen molar-refractivity contribution >= 4 is 5.95 Å². The average Bonchev–Trinajstić information content (AvgIpc) is 2.90. The van der Waals surface area contributed by atoms with Gasteiger partial charge in [-0.15, -0.1) is 0 Å². The molecule has 0 fully saturated rings. The summed E-state index contributed by atoms with van der Waals surface area (Å²) in [6.07, 6.45) is 3.35. The molecule has 8 heteroatoms. The molecule has 0 unspecified atom stereocenters. The minimum Gasteiger partial charge on any atom is -0.461 e. The summed E-state index contributed by atoms with van der Waals surface area (Å²) in [4.78, 5) is 12.4. The lowest BCUT2D eigenvalue weighted by Gasteiger charge is -2.07. The van der Waals surface area contributed by atoms with Crippen LogP contribution in [0.4, 0.5) is 5.95 Å². The molecule has 0 aliphatic heterocycles. The molecular formula is C10H14N6O2. The molecule has 0 saturated heterocycles. The van der Waals surface area contributed by atoms with Crippen LogP contribution in [-0.4, -0.2) is 49.6 Å². The third-order valence-electron chi connectivity index (χ3n) is 1.97. The highest BCUT2D eigenvalue weighted by atomic mass is 16.5. The van der Waals surface area contributed by atoms with Gasteiger partial charge in [-0.2, -0.15) is 20.1 Å². The number of rotatable bonds is 6. The zero-order chi connectivity index (χ0) is 12.8. The lowest BCUT2D eigenvalue weighted by molar-refractivity contribution is 0.191. The van der Waals surface area contributed by atoms with Crippen molar-refractivity contribution in [3.05, 3.63) is 18.5 Å². The molecule has 2 heterocycles. The molecule has 0 aromatic carbocycles. The Morgan fingerprint density at radius 3 is 2.94 bits per heavy atom. The molecule has 18 heavy (non-hydrogen) atoms. The highest BCUT2D eigenvalue weighted by molar-refractivity contribution is 5.29. The third-order valence-corrected chi connectivity index (χ3v) is 1.97. The molecule has 96 valence electrons. The van der Waals surface area contributed by atoms with Gasteiger partial charge in [0.2, 0.25) is 5.95 Å². The minimum absolute atomic E-state index is 0.0979. The van der Waals surface area contributed by atoms with E-state index >= 15 is 0 Å². The zero-order valence-corrected chi connectivity index (χ0v) is 9.94. The smallest absolute Gasteiger partial charge is 0.323 e. The fourth-order valence-corrected chi connectivity index (χ4v) is 1.27. The van der Waals surface area contributed by atoms with Crippen molar-refractivity contribution in [2.45, 2.75) is 6.92 Å². The van der Waals surface area contributed by atoms with E-state index in [-0.39, 0.29) is 19.2 Å². The first-order valence-corrected chi connectivity index (χ1v) is 5.57. The lowest BCUT2D eigenvalue weighted by Crippen LogP contribution is -2.12. The number of aromatic nitrogens is 5. The Kier molecular flexibility index (Phi) is 4.02. The van der Waals surface area contributed by atoms with Crippen molar-refractivity contribution in [2.75, 3.05) is 25.1 Å². The van der Waals surface area contributed by atoms with Crippen LogP contribution in [0.25, 0.3) is 5.95 Å². The Balaban J connectivity index is 2.30. The predicted octanol–water partition coefficient (Wildman–Crippen LogP) is -0.140. The van der Waals surface area contributed by atoms with Gasteiger partial charge in [0.1, 0.15) is 6.61 Å². The van der Waals surface area contributed by atoms with Crippen molar-refractivity contribution in [2.24, 2.45) is 0 Å². The third kappa shape index (κ3) is 2.92. The van der Waals surface area contributed by atoms with Gasteiger partial charge in [0.25, 0.3) is 5.95 Å². The van der Waals surface area contributed by atoms with E-state index in [1.807, 2.05) is 6.92 Å². The molecule has 0 atom stereocenters. The van der Waals surface area contributed by atoms with Crippen molar-refractivity contribution in [1.82, 2.24) is 24.7 Å². The summed E-state index contributed by atoms with van der Waals surface area (Å²) in [5.41, 5.74) is 0. The summed E-state index contributed by atoms with van der Waals surface area (Å²) in [5, 5.41) is 15.7. The summed E-state index contributed by atoms with van der Waals surface area (Å²) >= 11 is 0. The maximum Gasteiger partial charge on any atom is 0.323 e. The van der Waals surface area contributed by atoms with E-state index in [0.717, 1.165) is 0 Å². The molecular weight excluding hydrogens is 236 g/mol. The quantitative estimate of drug-likeness (QED) is 0.736. The summed E-state index contributed by atoms with van der Waals surface area (Å²) in [6.45, 7) is 2.65. The van der Waals surface area contributed by atoms with E-state index in [4.69, 9.17) is 9.84 Å². The fourth-order valence-electron chi connectivity index (χ4n) is 1.27. The number of ether oxygens (including phenoxy) is 1. The van der Waals surface area contributed by atoms with Gasteiger partial charge < -0.3 is 15.2 Å². The van der Waals surface area contributed by atoms with Gasteiger partial charge in [-0.05, 0) is 13.0 Å². The monoisotopic (exact) mass is 250 g/mol. The van der Waals surface area contributed by atoms with Crippen LogP contribution in [0.2, 0.25) is 0 Å². The molecule has 0 bridgehead atoms. The number of nitrogens with zero attached hydrogens (tertiary/aromatic N) is 5. The van der Waals surface area contributed by atoms with Crippen molar-refractivity contribution < 1.29 is 9.84 Å². The first-order valence-electron chi connectivity index (χ1n) is 5.57. The highest BCUT2D eigenvalue weighted by Crippen LogP contribution is 2.10. The Labute approximate surface area is 104 Å². The number of aliphatic hydroxyl groups is 1. The zero-order valence-electron chi connectivity index (χ0n) is 9.94. The summed E-state index contributed by atoms with van der Waals surface area (Å²) in [6, 6.07) is 1.92. The van der Waals surface area contributed by atoms with Crippen LogP contribution in [0.15, 0.2) is 18.5 Å². The van der Waals surface area contributed by atoms with E-state index < -0.39 is 0 Å². The van der Waals surface area contributed by atoms with Gasteiger partial charge in [-0.25, -0.2) is 4.68 Å². The van der Waals surface area contributed by atoms with Gasteiger partial charge in [-0.1, -0.05) is 0 Å². The van der Waals surface area contributed by atoms with Crippen LogP contribution in [0.3, 0.4) is 0 Å². The molecule has 0 radical (unpaired) electrons. The van der Waals surface area contributed by atoms with E-state index in [2.05, 4.69) is 25.4 Å². The molecule has 2 aromatic rings. The molecule has 0 saturated carbocycles. The number of nitrogens with one attached hydrogen (secondary N) is 1. The lowest BCUT2D eigenvalue weighted by atomic mass is 10.7. The SMILES string of the molecule is CCNc1nc(OCCO)nc(-n2cccn2)n1. The van der Waals surface area contributed by atoms with E-state index in [0.29, 0.717) is 18.4 Å². The normalized spacial score (nSPS) is 10.3. The number of anilines is 1. The van der Waals surface area contributed by atoms with Crippen LogP contribution >= 0.6 is 0 Å². The topological polar surface area (TPSA) is 98.0 Å². The highest BCUT2D eigenvalue weighted by Gasteiger charge is 2.08. The second-order valence-electron chi connectivity index (χ2n) is 3.29. The fraction of sp³-hybridized carbons (Fsp3) is 0.400. The molecule has 0 aliphatic carbocycles. The summed E-state index contributed by atoms with van der Waals surface area (Å²) < 4.78 is 6.70. The van der Waals surface area contributed by atoms with E-state index in [1.165, 1.54) is 4.68 Å². The van der Waals surface area contributed by atoms with Crippen LogP contribution in [-0.2, 0) is 0 Å².